The summed E-state index contributed by atoms with van der Waals surface area (Å²) in [5.74, 6) is 0. The lowest BCUT2D eigenvalue weighted by atomic mass is 10.0. The molecule has 0 aromatic heterocycles. The first-order chi connectivity index (χ1) is 6.93. The molecule has 0 aromatic rings. The van der Waals surface area contributed by atoms with Crippen LogP contribution < -0.4 is 5.32 Å². The molecule has 1 aliphatic carbocycles. The number of nitrogens with one attached hydrogen (secondary N) is 1. The van der Waals surface area contributed by atoms with E-state index in [1.807, 2.05) is 0 Å². The van der Waals surface area contributed by atoms with Crippen molar-refractivity contribution in [2.24, 2.45) is 0 Å². The first kappa shape index (κ1) is 11.5. The Hall–Kier alpha value is -0.600. The third kappa shape index (κ3) is 5.20. The SMILES string of the molecule is COCCCNCCC1=CCCC=C1. The summed E-state index contributed by atoms with van der Waals surface area (Å²) >= 11 is 0. The summed E-state index contributed by atoms with van der Waals surface area (Å²) in [6.07, 6.45) is 11.5. The Morgan fingerprint density at radius 1 is 1.36 bits per heavy atom. The normalized spacial score (nSPS) is 15.6. The zero-order valence-electron chi connectivity index (χ0n) is 9.09. The number of hydrogen-bond donors (Lipinski definition) is 1. The third-order valence-corrected chi connectivity index (χ3v) is 2.36. The molecule has 0 heterocycles. The highest BCUT2D eigenvalue weighted by Gasteiger charge is 1.96. The van der Waals surface area contributed by atoms with E-state index in [0.717, 1.165) is 32.5 Å². The lowest BCUT2D eigenvalue weighted by molar-refractivity contribution is 0.194. The van der Waals surface area contributed by atoms with Crippen LogP contribution in [0.15, 0.2) is 23.8 Å². The van der Waals surface area contributed by atoms with Gasteiger partial charge < -0.3 is 10.1 Å². The lowest BCUT2D eigenvalue weighted by Gasteiger charge is -2.07. The van der Waals surface area contributed by atoms with Gasteiger partial charge in [0.2, 0.25) is 0 Å². The molecule has 0 saturated carbocycles. The molecule has 1 N–H and O–H groups in total. The average Bonchev–Trinajstić information content (AvgIpc) is 2.25. The fraction of sp³-hybridized carbons (Fsp3) is 0.667. The summed E-state index contributed by atoms with van der Waals surface area (Å²) in [7, 11) is 1.75. The van der Waals surface area contributed by atoms with Crippen LogP contribution >= 0.6 is 0 Å². The van der Waals surface area contributed by atoms with Gasteiger partial charge in [0.05, 0.1) is 0 Å². The molecule has 1 rings (SSSR count). The second-order valence-corrected chi connectivity index (χ2v) is 3.61. The summed E-state index contributed by atoms with van der Waals surface area (Å²) in [6, 6.07) is 0. The van der Waals surface area contributed by atoms with E-state index in [1.165, 1.54) is 18.4 Å². The van der Waals surface area contributed by atoms with Crippen molar-refractivity contribution in [1.82, 2.24) is 5.32 Å². The van der Waals surface area contributed by atoms with Crippen LogP contribution in [-0.4, -0.2) is 26.8 Å². The van der Waals surface area contributed by atoms with Crippen LogP contribution in [0.2, 0.25) is 0 Å². The van der Waals surface area contributed by atoms with Crippen molar-refractivity contribution >= 4 is 0 Å². The minimum absolute atomic E-state index is 0.857. The van der Waals surface area contributed by atoms with Crippen LogP contribution in [0.3, 0.4) is 0 Å². The summed E-state index contributed by atoms with van der Waals surface area (Å²) in [5.41, 5.74) is 1.48. The van der Waals surface area contributed by atoms with Gasteiger partial charge in [-0.15, -0.1) is 0 Å². The van der Waals surface area contributed by atoms with Crippen molar-refractivity contribution in [2.45, 2.75) is 25.7 Å². The fourth-order valence-electron chi connectivity index (χ4n) is 1.55. The summed E-state index contributed by atoms with van der Waals surface area (Å²) in [6.45, 7) is 3.00. The van der Waals surface area contributed by atoms with Crippen molar-refractivity contribution in [3.63, 3.8) is 0 Å². The first-order valence-electron chi connectivity index (χ1n) is 5.48. The molecular formula is C12H21NO. The van der Waals surface area contributed by atoms with Crippen LogP contribution in [0.4, 0.5) is 0 Å². The highest BCUT2D eigenvalue weighted by molar-refractivity contribution is 5.22. The largest absolute Gasteiger partial charge is 0.385 e. The van der Waals surface area contributed by atoms with Crippen molar-refractivity contribution in [3.8, 4) is 0 Å². The van der Waals surface area contributed by atoms with E-state index in [1.54, 1.807) is 7.11 Å². The Morgan fingerprint density at radius 3 is 3.00 bits per heavy atom. The van der Waals surface area contributed by atoms with Crippen LogP contribution in [0.5, 0.6) is 0 Å². The van der Waals surface area contributed by atoms with Gasteiger partial charge in [0.25, 0.3) is 0 Å². The number of ether oxygens (including phenoxy) is 1. The third-order valence-electron chi connectivity index (χ3n) is 2.36. The molecule has 2 nitrogen and oxygen atoms in total. The molecular weight excluding hydrogens is 174 g/mol. The van der Waals surface area contributed by atoms with Crippen LogP contribution in [0, 0.1) is 0 Å². The maximum atomic E-state index is 4.98. The number of hydrogen-bond acceptors (Lipinski definition) is 2. The van der Waals surface area contributed by atoms with Crippen LogP contribution in [0.1, 0.15) is 25.7 Å². The van der Waals surface area contributed by atoms with E-state index in [4.69, 9.17) is 4.74 Å². The molecule has 0 saturated heterocycles. The molecule has 0 aromatic carbocycles. The lowest BCUT2D eigenvalue weighted by Crippen LogP contribution is -2.18. The zero-order chi connectivity index (χ0) is 10.1. The minimum atomic E-state index is 0.857. The van der Waals surface area contributed by atoms with Gasteiger partial charge in [0.1, 0.15) is 0 Å². The van der Waals surface area contributed by atoms with Gasteiger partial charge in [-0.3, -0.25) is 0 Å². The topological polar surface area (TPSA) is 21.3 Å². The Kier molecular flexibility index (Phi) is 6.37. The van der Waals surface area contributed by atoms with Crippen molar-refractivity contribution in [1.29, 1.82) is 0 Å². The maximum Gasteiger partial charge on any atom is 0.0474 e. The Labute approximate surface area is 87.0 Å². The first-order valence-corrected chi connectivity index (χ1v) is 5.48. The Morgan fingerprint density at radius 2 is 2.29 bits per heavy atom. The van der Waals surface area contributed by atoms with E-state index in [-0.39, 0.29) is 0 Å². The molecule has 2 heteroatoms. The molecule has 0 fully saturated rings. The average molecular weight is 195 g/mol. The number of rotatable bonds is 7. The van der Waals surface area contributed by atoms with Crippen molar-refractivity contribution in [3.05, 3.63) is 23.8 Å². The van der Waals surface area contributed by atoms with Crippen LogP contribution in [-0.2, 0) is 4.74 Å². The molecule has 14 heavy (non-hydrogen) atoms. The molecule has 0 atom stereocenters. The van der Waals surface area contributed by atoms with E-state index in [2.05, 4.69) is 23.5 Å². The monoisotopic (exact) mass is 195 g/mol. The molecule has 0 spiro atoms. The van der Waals surface area contributed by atoms with Gasteiger partial charge in [0, 0.05) is 13.7 Å². The predicted molar refractivity (Wildman–Crippen MR) is 60.4 cm³/mol. The predicted octanol–water partition coefficient (Wildman–Crippen LogP) is 2.28. The van der Waals surface area contributed by atoms with E-state index in [9.17, 15) is 0 Å². The molecule has 0 amide bonds. The van der Waals surface area contributed by atoms with Gasteiger partial charge in [-0.2, -0.15) is 0 Å². The van der Waals surface area contributed by atoms with Gasteiger partial charge in [-0.1, -0.05) is 23.8 Å². The Balaban J connectivity index is 1.93. The molecule has 0 aliphatic heterocycles. The minimum Gasteiger partial charge on any atom is -0.385 e. The molecule has 0 bridgehead atoms. The van der Waals surface area contributed by atoms with Crippen LogP contribution in [0.25, 0.3) is 0 Å². The van der Waals surface area contributed by atoms with E-state index >= 15 is 0 Å². The molecule has 0 unspecified atom stereocenters. The fourth-order valence-corrected chi connectivity index (χ4v) is 1.55. The smallest absolute Gasteiger partial charge is 0.0474 e. The molecule has 0 radical (unpaired) electrons. The van der Waals surface area contributed by atoms with Gasteiger partial charge in [-0.05, 0) is 38.8 Å². The second kappa shape index (κ2) is 7.77. The van der Waals surface area contributed by atoms with Crippen molar-refractivity contribution in [2.75, 3.05) is 26.8 Å². The second-order valence-electron chi connectivity index (χ2n) is 3.61. The van der Waals surface area contributed by atoms with Gasteiger partial charge in [-0.25, -0.2) is 0 Å². The van der Waals surface area contributed by atoms with Gasteiger partial charge >= 0.3 is 0 Å². The number of methoxy groups -OCH3 is 1. The van der Waals surface area contributed by atoms with Crippen molar-refractivity contribution < 1.29 is 4.74 Å². The van der Waals surface area contributed by atoms with Gasteiger partial charge in [0.15, 0.2) is 0 Å². The summed E-state index contributed by atoms with van der Waals surface area (Å²) in [4.78, 5) is 0. The number of allylic oxidation sites excluding steroid dienone is 3. The Bertz CT molecular complexity index is 196. The molecule has 80 valence electrons. The summed E-state index contributed by atoms with van der Waals surface area (Å²) < 4.78 is 4.98. The zero-order valence-corrected chi connectivity index (χ0v) is 9.09. The molecule has 1 aliphatic rings. The summed E-state index contributed by atoms with van der Waals surface area (Å²) in [5, 5.41) is 3.41. The quantitative estimate of drug-likeness (QED) is 0.629. The maximum absolute atomic E-state index is 4.98. The standard InChI is InChI=1S/C12H21NO/c1-14-11-5-9-13-10-8-12-6-3-2-4-7-12/h3,6-7,13H,2,4-5,8-11H2,1H3. The van der Waals surface area contributed by atoms with E-state index in [0.29, 0.717) is 0 Å². The van der Waals surface area contributed by atoms with E-state index < -0.39 is 0 Å². The highest BCUT2D eigenvalue weighted by Crippen LogP contribution is 2.11. The highest BCUT2D eigenvalue weighted by atomic mass is 16.5.